The molecule has 2 fully saturated rings. The molecule has 0 unspecified atom stereocenters. The van der Waals surface area contributed by atoms with Gasteiger partial charge in [0.25, 0.3) is 0 Å². The van der Waals surface area contributed by atoms with E-state index in [0.29, 0.717) is 28.6 Å². The molecule has 0 bridgehead atoms. The summed E-state index contributed by atoms with van der Waals surface area (Å²) in [6, 6.07) is 7.16. The summed E-state index contributed by atoms with van der Waals surface area (Å²) < 4.78 is 21.0. The van der Waals surface area contributed by atoms with E-state index in [1.807, 2.05) is 13.0 Å². The molecule has 1 aromatic carbocycles. The summed E-state index contributed by atoms with van der Waals surface area (Å²) >= 11 is 0. The van der Waals surface area contributed by atoms with Crippen molar-refractivity contribution in [3.8, 4) is 17.0 Å². The molecule has 190 valence electrons. The molecule has 5 rings (SSSR count). The number of nitrogens with zero attached hydrogens (tertiary/aromatic N) is 6. The zero-order valence-corrected chi connectivity index (χ0v) is 21.3. The van der Waals surface area contributed by atoms with E-state index in [2.05, 4.69) is 40.6 Å². The number of nitrogens with one attached hydrogen (secondary N) is 1. The molecule has 0 aliphatic carbocycles. The third kappa shape index (κ3) is 4.73. The fraction of sp³-hybridized carbons (Fsp3) is 0.444. The van der Waals surface area contributed by atoms with Gasteiger partial charge in [0.1, 0.15) is 24.0 Å². The number of aryl methyl sites for hydroxylation is 1. The predicted octanol–water partition coefficient (Wildman–Crippen LogP) is 3.25. The van der Waals surface area contributed by atoms with E-state index >= 15 is 4.39 Å². The average molecular weight is 492 g/mol. The lowest BCUT2D eigenvalue weighted by atomic mass is 10.0. The Morgan fingerprint density at radius 2 is 1.97 bits per heavy atom. The molecule has 3 aromatic rings. The van der Waals surface area contributed by atoms with Crippen molar-refractivity contribution in [1.29, 1.82) is 0 Å². The standard InChI is InChI=1S/C27H34FN7O/c1-5-15-36-22-8-6-7-21(28)23(22)24-18(2)16-20-25(30-24)31-27(34-13-11-33(4)12-14-34)32-26(20)35-10-9-29-17-19(35)3/h5-8,16,19,29H,1,9-15,17H2,2-4H3/t19-/m1/s1. The van der Waals surface area contributed by atoms with E-state index in [1.165, 1.54) is 6.07 Å². The fourth-order valence-corrected chi connectivity index (χ4v) is 4.91. The van der Waals surface area contributed by atoms with Crippen molar-refractivity contribution in [2.24, 2.45) is 0 Å². The number of pyridine rings is 1. The summed E-state index contributed by atoms with van der Waals surface area (Å²) in [5.41, 5.74) is 2.28. The molecule has 36 heavy (non-hydrogen) atoms. The molecule has 0 spiro atoms. The second-order valence-electron chi connectivity index (χ2n) is 9.62. The first-order chi connectivity index (χ1) is 17.5. The van der Waals surface area contributed by atoms with Crippen LogP contribution in [0.5, 0.6) is 5.75 Å². The zero-order chi connectivity index (χ0) is 25.2. The van der Waals surface area contributed by atoms with Crippen LogP contribution in [0.2, 0.25) is 0 Å². The highest BCUT2D eigenvalue weighted by Crippen LogP contribution is 2.37. The number of likely N-dealkylation sites (N-methyl/N-ethyl adjacent to an activating group) is 1. The van der Waals surface area contributed by atoms with Crippen LogP contribution in [0.3, 0.4) is 0 Å². The van der Waals surface area contributed by atoms with Crippen LogP contribution in [0.4, 0.5) is 16.2 Å². The lowest BCUT2D eigenvalue weighted by molar-refractivity contribution is 0.311. The minimum absolute atomic E-state index is 0.280. The highest BCUT2D eigenvalue weighted by atomic mass is 19.1. The van der Waals surface area contributed by atoms with Gasteiger partial charge in [0.15, 0.2) is 5.65 Å². The van der Waals surface area contributed by atoms with Crippen molar-refractivity contribution < 1.29 is 9.13 Å². The number of rotatable bonds is 6. The lowest BCUT2D eigenvalue weighted by Crippen LogP contribution is -2.50. The highest BCUT2D eigenvalue weighted by Gasteiger charge is 2.27. The smallest absolute Gasteiger partial charge is 0.229 e. The van der Waals surface area contributed by atoms with Crippen molar-refractivity contribution in [2.75, 3.05) is 69.3 Å². The van der Waals surface area contributed by atoms with E-state index in [9.17, 15) is 0 Å². The highest BCUT2D eigenvalue weighted by molar-refractivity contribution is 5.91. The molecule has 4 heterocycles. The first-order valence-electron chi connectivity index (χ1n) is 12.6. The predicted molar refractivity (Wildman–Crippen MR) is 143 cm³/mol. The topological polar surface area (TPSA) is 69.7 Å². The Morgan fingerprint density at radius 1 is 1.17 bits per heavy atom. The van der Waals surface area contributed by atoms with Crippen molar-refractivity contribution >= 4 is 22.8 Å². The van der Waals surface area contributed by atoms with Crippen LogP contribution in [-0.2, 0) is 0 Å². The molecular weight excluding hydrogens is 457 g/mol. The van der Waals surface area contributed by atoms with Gasteiger partial charge in [-0.05, 0) is 44.7 Å². The van der Waals surface area contributed by atoms with Crippen molar-refractivity contribution in [1.82, 2.24) is 25.2 Å². The van der Waals surface area contributed by atoms with Gasteiger partial charge in [0.05, 0.1) is 16.6 Å². The summed E-state index contributed by atoms with van der Waals surface area (Å²) in [7, 11) is 2.13. The first kappa shape index (κ1) is 24.4. The molecule has 8 nitrogen and oxygen atoms in total. The minimum Gasteiger partial charge on any atom is -0.489 e. The number of hydrogen-bond donors (Lipinski definition) is 1. The number of piperazine rings is 2. The van der Waals surface area contributed by atoms with E-state index in [4.69, 9.17) is 19.7 Å². The molecule has 0 amide bonds. The van der Waals surface area contributed by atoms with E-state index in [-0.39, 0.29) is 18.5 Å². The number of benzene rings is 1. The van der Waals surface area contributed by atoms with E-state index in [0.717, 1.165) is 62.6 Å². The average Bonchev–Trinajstić information content (AvgIpc) is 2.88. The monoisotopic (exact) mass is 491 g/mol. The van der Waals surface area contributed by atoms with Gasteiger partial charge in [-0.1, -0.05) is 18.7 Å². The van der Waals surface area contributed by atoms with Gasteiger partial charge >= 0.3 is 0 Å². The number of hydrogen-bond acceptors (Lipinski definition) is 8. The molecular formula is C27H34FN7O. The number of ether oxygens (including phenoxy) is 1. The Kier molecular flexibility index (Phi) is 7.02. The molecule has 1 N–H and O–H groups in total. The van der Waals surface area contributed by atoms with Crippen LogP contribution in [0.25, 0.3) is 22.3 Å². The third-order valence-electron chi connectivity index (χ3n) is 6.97. The third-order valence-corrected chi connectivity index (χ3v) is 6.97. The maximum atomic E-state index is 15.2. The second kappa shape index (κ2) is 10.4. The Morgan fingerprint density at radius 3 is 2.72 bits per heavy atom. The van der Waals surface area contributed by atoms with Crippen LogP contribution in [-0.4, -0.2) is 85.4 Å². The molecule has 0 saturated carbocycles. The fourth-order valence-electron chi connectivity index (χ4n) is 4.91. The minimum atomic E-state index is -0.379. The van der Waals surface area contributed by atoms with E-state index < -0.39 is 0 Å². The number of halogens is 1. The van der Waals surface area contributed by atoms with Crippen LogP contribution in [0.15, 0.2) is 36.9 Å². The van der Waals surface area contributed by atoms with Gasteiger partial charge in [-0.3, -0.25) is 0 Å². The quantitative estimate of drug-likeness (QED) is 0.527. The zero-order valence-electron chi connectivity index (χ0n) is 21.3. The molecule has 2 aliphatic heterocycles. The lowest BCUT2D eigenvalue weighted by Gasteiger charge is -2.37. The van der Waals surface area contributed by atoms with Gasteiger partial charge in [-0.25, -0.2) is 9.37 Å². The molecule has 2 aromatic heterocycles. The number of aromatic nitrogens is 3. The van der Waals surface area contributed by atoms with Gasteiger partial charge in [-0.2, -0.15) is 9.97 Å². The van der Waals surface area contributed by atoms with Gasteiger partial charge in [0.2, 0.25) is 5.95 Å². The van der Waals surface area contributed by atoms with Crippen LogP contribution in [0, 0.1) is 12.7 Å². The summed E-state index contributed by atoms with van der Waals surface area (Å²) in [6.07, 6.45) is 1.64. The molecule has 2 aliphatic rings. The molecule has 1 atom stereocenters. The Hall–Kier alpha value is -3.30. The Balaban J connectivity index is 1.68. The van der Waals surface area contributed by atoms with Crippen molar-refractivity contribution in [2.45, 2.75) is 19.9 Å². The van der Waals surface area contributed by atoms with Crippen molar-refractivity contribution in [3.05, 3.63) is 48.3 Å². The van der Waals surface area contributed by atoms with Gasteiger partial charge in [0, 0.05) is 51.9 Å². The van der Waals surface area contributed by atoms with Crippen molar-refractivity contribution in [3.63, 3.8) is 0 Å². The molecule has 0 radical (unpaired) electrons. The largest absolute Gasteiger partial charge is 0.489 e. The maximum absolute atomic E-state index is 15.2. The maximum Gasteiger partial charge on any atom is 0.229 e. The summed E-state index contributed by atoms with van der Waals surface area (Å²) in [5, 5.41) is 4.34. The summed E-state index contributed by atoms with van der Waals surface area (Å²) in [5.74, 6) is 1.63. The Bertz CT molecular complexity index is 1260. The molecule has 2 saturated heterocycles. The van der Waals surface area contributed by atoms with Crippen LogP contribution in [0.1, 0.15) is 12.5 Å². The Labute approximate surface area is 211 Å². The summed E-state index contributed by atoms with van der Waals surface area (Å²) in [6.45, 7) is 14.4. The SMILES string of the molecule is C=CCOc1cccc(F)c1-c1nc2nc(N3CCN(C)CC3)nc(N3CCNC[C@H]3C)c2cc1C. The summed E-state index contributed by atoms with van der Waals surface area (Å²) in [4.78, 5) is 21.8. The number of anilines is 2. The van der Waals surface area contributed by atoms with Gasteiger partial charge < -0.3 is 24.8 Å². The van der Waals surface area contributed by atoms with Crippen LogP contribution < -0.4 is 19.9 Å². The van der Waals surface area contributed by atoms with Gasteiger partial charge in [-0.15, -0.1) is 0 Å². The van der Waals surface area contributed by atoms with Crippen LogP contribution >= 0.6 is 0 Å². The van der Waals surface area contributed by atoms with E-state index in [1.54, 1.807) is 18.2 Å². The first-order valence-corrected chi connectivity index (χ1v) is 12.6. The second-order valence-corrected chi connectivity index (χ2v) is 9.62. The number of fused-ring (bicyclic) bond motifs is 1. The molecule has 9 heteroatoms. The normalized spacial score (nSPS) is 19.1.